The van der Waals surface area contributed by atoms with Crippen molar-refractivity contribution in [1.29, 1.82) is 0 Å². The van der Waals surface area contributed by atoms with Crippen LogP contribution in [0, 0.1) is 0 Å². The number of amidine groups is 1. The Morgan fingerprint density at radius 2 is 1.73 bits per heavy atom. The zero-order valence-electron chi connectivity index (χ0n) is 16.2. The van der Waals surface area contributed by atoms with E-state index in [0.717, 1.165) is 15.8 Å². The minimum atomic E-state index is -0.211. The topological polar surface area (TPSA) is 41.9 Å². The maximum Gasteiger partial charge on any atom is 0.282 e. The second-order valence-electron chi connectivity index (χ2n) is 6.56. The molecule has 0 aliphatic carbocycles. The molecule has 1 aliphatic rings. The fourth-order valence-corrected chi connectivity index (χ4v) is 3.64. The zero-order chi connectivity index (χ0) is 21.1. The minimum absolute atomic E-state index is 0.211. The summed E-state index contributed by atoms with van der Waals surface area (Å²) in [6.45, 7) is 2.51. The van der Waals surface area contributed by atoms with Crippen LogP contribution in [0.25, 0.3) is 6.08 Å². The van der Waals surface area contributed by atoms with Gasteiger partial charge in [-0.2, -0.15) is 0 Å². The molecule has 150 valence electrons. The van der Waals surface area contributed by atoms with E-state index in [1.54, 1.807) is 17.0 Å². The summed E-state index contributed by atoms with van der Waals surface area (Å²) < 4.78 is 6.49. The number of hydrogen-bond acceptors (Lipinski definition) is 3. The Morgan fingerprint density at radius 3 is 2.40 bits per heavy atom. The summed E-state index contributed by atoms with van der Waals surface area (Å²) >= 11 is 9.86. The van der Waals surface area contributed by atoms with Crippen LogP contribution in [0.1, 0.15) is 18.1 Å². The number of halogens is 2. The Hall–Kier alpha value is -2.89. The molecule has 3 aromatic carbocycles. The number of rotatable bonds is 5. The van der Waals surface area contributed by atoms with E-state index in [1.807, 2.05) is 73.7 Å². The maximum atomic E-state index is 13.3. The lowest BCUT2D eigenvalue weighted by Crippen LogP contribution is -2.32. The molecule has 0 radical (unpaired) electrons. The highest BCUT2D eigenvalue weighted by molar-refractivity contribution is 9.10. The van der Waals surface area contributed by atoms with Crippen LogP contribution in [-0.2, 0) is 4.79 Å². The molecule has 0 saturated carbocycles. The van der Waals surface area contributed by atoms with Gasteiger partial charge in [0.2, 0.25) is 0 Å². The molecule has 6 heteroatoms. The predicted octanol–water partition coefficient (Wildman–Crippen LogP) is 6.34. The van der Waals surface area contributed by atoms with E-state index in [9.17, 15) is 4.79 Å². The molecule has 0 N–H and O–H groups in total. The third kappa shape index (κ3) is 4.18. The number of carbonyl (C=O) groups excluding carboxylic acids is 1. The summed E-state index contributed by atoms with van der Waals surface area (Å²) in [5, 5.41) is 0.532. The highest BCUT2D eigenvalue weighted by Crippen LogP contribution is 2.31. The normalized spacial score (nSPS) is 14.9. The molecule has 30 heavy (non-hydrogen) atoms. The largest absolute Gasteiger partial charge is 0.494 e. The van der Waals surface area contributed by atoms with E-state index >= 15 is 0 Å². The smallest absolute Gasteiger partial charge is 0.282 e. The lowest BCUT2D eigenvalue weighted by atomic mass is 10.1. The van der Waals surface area contributed by atoms with Crippen molar-refractivity contribution in [2.45, 2.75) is 6.92 Å². The van der Waals surface area contributed by atoms with Crippen LogP contribution in [0.2, 0.25) is 5.02 Å². The minimum Gasteiger partial charge on any atom is -0.494 e. The molecule has 0 fully saturated rings. The summed E-state index contributed by atoms with van der Waals surface area (Å²) in [7, 11) is 0. The molecule has 1 heterocycles. The van der Waals surface area contributed by atoms with Gasteiger partial charge >= 0.3 is 0 Å². The van der Waals surface area contributed by atoms with Gasteiger partial charge in [0.15, 0.2) is 0 Å². The van der Waals surface area contributed by atoms with E-state index in [4.69, 9.17) is 16.3 Å². The van der Waals surface area contributed by atoms with E-state index in [-0.39, 0.29) is 5.91 Å². The number of anilines is 1. The molecule has 1 aliphatic heterocycles. The molecule has 4 nitrogen and oxygen atoms in total. The van der Waals surface area contributed by atoms with Crippen LogP contribution in [0.4, 0.5) is 5.69 Å². The number of ether oxygens (including phenoxy) is 1. The summed E-state index contributed by atoms with van der Waals surface area (Å²) in [5.74, 6) is 1.03. The first-order chi connectivity index (χ1) is 14.6. The molecule has 0 atom stereocenters. The molecule has 0 bridgehead atoms. The van der Waals surface area contributed by atoms with Gasteiger partial charge in [0.05, 0.1) is 17.3 Å². The number of amides is 1. The summed E-state index contributed by atoms with van der Waals surface area (Å²) in [4.78, 5) is 19.6. The molecule has 0 aromatic heterocycles. The second-order valence-corrected chi connectivity index (χ2v) is 7.89. The first kappa shape index (κ1) is 20.4. The predicted molar refractivity (Wildman–Crippen MR) is 125 cm³/mol. The number of aliphatic imine (C=N–C) groups is 1. The lowest BCUT2D eigenvalue weighted by Gasteiger charge is -2.19. The molecular formula is C24H18BrClN2O2. The highest BCUT2D eigenvalue weighted by atomic mass is 79.9. The van der Waals surface area contributed by atoms with Crippen molar-refractivity contribution in [3.8, 4) is 5.75 Å². The van der Waals surface area contributed by atoms with Crippen LogP contribution >= 0.6 is 27.5 Å². The third-order valence-electron chi connectivity index (χ3n) is 4.55. The van der Waals surface area contributed by atoms with Crippen molar-refractivity contribution in [2.24, 2.45) is 4.99 Å². The average Bonchev–Trinajstić information content (AvgIpc) is 3.07. The van der Waals surface area contributed by atoms with Crippen molar-refractivity contribution in [2.75, 3.05) is 11.5 Å². The Bertz CT molecular complexity index is 1140. The fourth-order valence-electron chi connectivity index (χ4n) is 3.15. The van der Waals surface area contributed by atoms with Gasteiger partial charge in [-0.3, -0.25) is 9.69 Å². The van der Waals surface area contributed by atoms with Gasteiger partial charge in [0.1, 0.15) is 17.3 Å². The first-order valence-electron chi connectivity index (χ1n) is 9.45. The van der Waals surface area contributed by atoms with Gasteiger partial charge in [-0.15, -0.1) is 0 Å². The molecule has 3 aromatic rings. The van der Waals surface area contributed by atoms with Crippen molar-refractivity contribution < 1.29 is 9.53 Å². The summed E-state index contributed by atoms with van der Waals surface area (Å²) in [5.41, 5.74) is 2.63. The number of carbonyl (C=O) groups is 1. The number of hydrogen-bond donors (Lipinski definition) is 0. The van der Waals surface area contributed by atoms with E-state index in [1.165, 1.54) is 0 Å². The molecule has 1 amide bonds. The monoisotopic (exact) mass is 480 g/mol. The first-order valence-corrected chi connectivity index (χ1v) is 10.6. The number of nitrogens with zero attached hydrogens (tertiary/aromatic N) is 2. The molecule has 0 spiro atoms. The Kier molecular flexibility index (Phi) is 6.02. The third-order valence-corrected chi connectivity index (χ3v) is 5.41. The van der Waals surface area contributed by atoms with Crippen LogP contribution < -0.4 is 9.64 Å². The van der Waals surface area contributed by atoms with E-state index < -0.39 is 0 Å². The van der Waals surface area contributed by atoms with Crippen LogP contribution in [0.3, 0.4) is 0 Å². The zero-order valence-corrected chi connectivity index (χ0v) is 18.5. The summed E-state index contributed by atoms with van der Waals surface area (Å²) in [6, 6.07) is 22.4. The van der Waals surface area contributed by atoms with Crippen molar-refractivity contribution in [3.63, 3.8) is 0 Å². The molecule has 0 saturated heterocycles. The highest BCUT2D eigenvalue weighted by Gasteiger charge is 2.33. The van der Waals surface area contributed by atoms with E-state index in [0.29, 0.717) is 34.4 Å². The summed E-state index contributed by atoms with van der Waals surface area (Å²) in [6.07, 6.45) is 1.78. The van der Waals surface area contributed by atoms with Gasteiger partial charge in [-0.25, -0.2) is 4.99 Å². The van der Waals surface area contributed by atoms with Crippen LogP contribution in [-0.4, -0.2) is 18.3 Å². The quantitative estimate of drug-likeness (QED) is 0.399. The van der Waals surface area contributed by atoms with Gasteiger partial charge < -0.3 is 4.74 Å². The SMILES string of the molecule is CCOc1ccc(N2C(=O)/C(=C\c3ccc(Br)cc3)N=C2c2ccccc2Cl)cc1. The lowest BCUT2D eigenvalue weighted by molar-refractivity contribution is -0.113. The van der Waals surface area contributed by atoms with Crippen LogP contribution in [0.5, 0.6) is 5.75 Å². The average molecular weight is 482 g/mol. The van der Waals surface area contributed by atoms with Gasteiger partial charge in [0.25, 0.3) is 5.91 Å². The van der Waals surface area contributed by atoms with Gasteiger partial charge in [-0.05, 0) is 67.1 Å². The van der Waals surface area contributed by atoms with Gasteiger partial charge in [0, 0.05) is 10.0 Å². The maximum absolute atomic E-state index is 13.3. The Morgan fingerprint density at radius 1 is 1.03 bits per heavy atom. The molecule has 0 unspecified atom stereocenters. The van der Waals surface area contributed by atoms with Gasteiger partial charge in [-0.1, -0.05) is 51.8 Å². The standard InChI is InChI=1S/C24H18BrClN2O2/c1-2-30-19-13-11-18(12-14-19)28-23(20-5-3-4-6-21(20)26)27-22(24(28)29)15-16-7-9-17(25)10-8-16/h3-15H,2H2,1H3/b22-15+. The molecular weight excluding hydrogens is 464 g/mol. The Balaban J connectivity index is 1.79. The fraction of sp³-hybridized carbons (Fsp3) is 0.0833. The van der Waals surface area contributed by atoms with Crippen molar-refractivity contribution in [1.82, 2.24) is 0 Å². The van der Waals surface area contributed by atoms with E-state index in [2.05, 4.69) is 20.9 Å². The van der Waals surface area contributed by atoms with Crippen LogP contribution in [0.15, 0.2) is 88.0 Å². The van der Waals surface area contributed by atoms with Crippen molar-refractivity contribution in [3.05, 3.63) is 99.1 Å². The molecule has 4 rings (SSSR count). The second kappa shape index (κ2) is 8.86. The number of benzene rings is 3. The van der Waals surface area contributed by atoms with Crippen molar-refractivity contribution >= 4 is 51.0 Å². The Labute approximate surface area is 188 Å².